The van der Waals surface area contributed by atoms with Crippen molar-refractivity contribution in [3.05, 3.63) is 89.8 Å². The number of rotatable bonds is 9. The third kappa shape index (κ3) is 5.25. The fraction of sp³-hybridized carbons (Fsp3) is 0.217. The van der Waals surface area contributed by atoms with Crippen molar-refractivity contribution < 1.29 is 8.78 Å². The van der Waals surface area contributed by atoms with E-state index in [1.165, 1.54) is 29.2 Å². The molecule has 10 heteroatoms. The quantitative estimate of drug-likeness (QED) is 0.252. The summed E-state index contributed by atoms with van der Waals surface area (Å²) in [4.78, 5) is 8.55. The van der Waals surface area contributed by atoms with E-state index >= 15 is 0 Å². The second-order valence-electron chi connectivity index (χ2n) is 7.55. The second kappa shape index (κ2) is 9.91. The molecule has 0 spiro atoms. The minimum atomic E-state index is -0.467. The smallest absolute Gasteiger partial charge is 0.246 e. The number of hydrogen-bond donors (Lipinski definition) is 2. The molecule has 7 nitrogen and oxygen atoms in total. The molecule has 0 fully saturated rings. The fourth-order valence-electron chi connectivity index (χ4n) is 3.50. The van der Waals surface area contributed by atoms with E-state index in [9.17, 15) is 8.78 Å². The Morgan fingerprint density at radius 2 is 2.00 bits per heavy atom. The van der Waals surface area contributed by atoms with Crippen molar-refractivity contribution in [3.63, 3.8) is 0 Å². The van der Waals surface area contributed by atoms with E-state index in [4.69, 9.17) is 11.6 Å². The highest BCUT2D eigenvalue weighted by molar-refractivity contribution is 6.17. The summed E-state index contributed by atoms with van der Waals surface area (Å²) in [6.45, 7) is 5.83. The molecule has 170 valence electrons. The van der Waals surface area contributed by atoms with Gasteiger partial charge in [-0.3, -0.25) is 5.10 Å². The summed E-state index contributed by atoms with van der Waals surface area (Å²) >= 11 is 5.86. The Morgan fingerprint density at radius 3 is 2.67 bits per heavy atom. The number of aryl methyl sites for hydroxylation is 1. The number of alkyl halides is 1. The molecule has 0 radical (unpaired) electrons. The lowest BCUT2D eigenvalue weighted by Gasteiger charge is -2.16. The first-order valence-corrected chi connectivity index (χ1v) is 10.8. The third-order valence-electron chi connectivity index (χ3n) is 5.20. The van der Waals surface area contributed by atoms with Gasteiger partial charge in [0.2, 0.25) is 5.95 Å². The zero-order valence-electron chi connectivity index (χ0n) is 17.9. The van der Waals surface area contributed by atoms with Crippen molar-refractivity contribution in [1.82, 2.24) is 29.9 Å². The average Bonchev–Trinajstić information content (AvgIpc) is 3.42. The minimum absolute atomic E-state index is 0.209. The lowest BCUT2D eigenvalue weighted by molar-refractivity contribution is 0.608. The Labute approximate surface area is 194 Å². The normalized spacial score (nSPS) is 12.0. The number of H-pyrrole nitrogens is 1. The predicted molar refractivity (Wildman–Crippen MR) is 123 cm³/mol. The van der Waals surface area contributed by atoms with Crippen LogP contribution in [0.1, 0.15) is 36.0 Å². The Morgan fingerprint density at radius 1 is 1.21 bits per heavy atom. The number of aromatic nitrogens is 6. The van der Waals surface area contributed by atoms with Crippen LogP contribution in [0.4, 0.5) is 20.4 Å². The van der Waals surface area contributed by atoms with E-state index in [0.717, 1.165) is 11.1 Å². The summed E-state index contributed by atoms with van der Waals surface area (Å²) in [5.74, 6) is 0.914. The molecule has 2 aromatic carbocycles. The number of hydrogen-bond acceptors (Lipinski definition) is 5. The van der Waals surface area contributed by atoms with Crippen molar-refractivity contribution in [3.8, 4) is 5.69 Å². The van der Waals surface area contributed by atoms with Gasteiger partial charge in [-0.2, -0.15) is 10.1 Å². The highest BCUT2D eigenvalue weighted by atomic mass is 35.5. The number of nitrogens with zero attached hydrogens (tertiary/aromatic N) is 5. The van der Waals surface area contributed by atoms with Crippen molar-refractivity contribution in [1.29, 1.82) is 0 Å². The van der Waals surface area contributed by atoms with E-state index in [1.807, 2.05) is 0 Å². The maximum atomic E-state index is 14.7. The van der Waals surface area contributed by atoms with E-state index in [2.05, 4.69) is 37.2 Å². The number of benzene rings is 2. The van der Waals surface area contributed by atoms with Gasteiger partial charge in [-0.15, -0.1) is 16.7 Å². The van der Waals surface area contributed by atoms with Crippen LogP contribution in [-0.4, -0.2) is 35.8 Å². The van der Waals surface area contributed by atoms with Crippen LogP contribution < -0.4 is 5.32 Å². The number of aromatic amines is 1. The van der Waals surface area contributed by atoms with Crippen LogP contribution in [0, 0.1) is 18.6 Å². The summed E-state index contributed by atoms with van der Waals surface area (Å²) in [7, 11) is 0. The summed E-state index contributed by atoms with van der Waals surface area (Å²) in [5.41, 5.74) is 2.59. The standard InChI is InChI=1S/C23H22ClF2N7/c1-14(9-10-24)11-19(16-3-5-17(25)6-4-16)22-30-23(32-31-22)29-18-7-8-21(20(26)12-18)33-15(2)27-13-28-33/h3-8,12-13,19H,1,9-11H2,2H3,(H2,29,30,31,32). The molecule has 4 rings (SSSR count). The van der Waals surface area contributed by atoms with Gasteiger partial charge >= 0.3 is 0 Å². The van der Waals surface area contributed by atoms with Crippen LogP contribution in [-0.2, 0) is 0 Å². The molecule has 4 aromatic rings. The summed E-state index contributed by atoms with van der Waals surface area (Å²) in [5, 5.41) is 14.2. The van der Waals surface area contributed by atoms with Crippen molar-refractivity contribution in [2.24, 2.45) is 0 Å². The topological polar surface area (TPSA) is 84.3 Å². The third-order valence-corrected chi connectivity index (χ3v) is 5.39. The summed E-state index contributed by atoms with van der Waals surface area (Å²) in [6, 6.07) is 10.9. The van der Waals surface area contributed by atoms with Gasteiger partial charge in [0, 0.05) is 17.5 Å². The molecule has 2 N–H and O–H groups in total. The highest BCUT2D eigenvalue weighted by Crippen LogP contribution is 2.30. The van der Waals surface area contributed by atoms with Gasteiger partial charge in [-0.1, -0.05) is 24.3 Å². The van der Waals surface area contributed by atoms with Crippen molar-refractivity contribution >= 4 is 23.2 Å². The van der Waals surface area contributed by atoms with Gasteiger partial charge < -0.3 is 5.32 Å². The largest absolute Gasteiger partial charge is 0.323 e. The molecule has 0 amide bonds. The summed E-state index contributed by atoms with van der Waals surface area (Å²) < 4.78 is 29.5. The Kier molecular flexibility index (Phi) is 6.79. The number of nitrogens with one attached hydrogen (secondary N) is 2. The van der Waals surface area contributed by atoms with Crippen LogP contribution in [0.5, 0.6) is 0 Å². The lowest BCUT2D eigenvalue weighted by atomic mass is 9.91. The van der Waals surface area contributed by atoms with Crippen molar-refractivity contribution in [2.45, 2.75) is 25.7 Å². The van der Waals surface area contributed by atoms with E-state index in [-0.39, 0.29) is 17.7 Å². The first-order chi connectivity index (χ1) is 15.9. The number of anilines is 2. The van der Waals surface area contributed by atoms with Crippen LogP contribution in [0.25, 0.3) is 5.69 Å². The second-order valence-corrected chi connectivity index (χ2v) is 7.93. The van der Waals surface area contributed by atoms with Gasteiger partial charge in [-0.25, -0.2) is 18.4 Å². The molecule has 0 saturated heterocycles. The molecule has 1 atom stereocenters. The van der Waals surface area contributed by atoms with Crippen LogP contribution in [0.2, 0.25) is 0 Å². The van der Waals surface area contributed by atoms with Gasteiger partial charge in [0.05, 0.1) is 0 Å². The molecule has 1 unspecified atom stereocenters. The molecule has 0 saturated carbocycles. The Hall–Kier alpha value is -3.59. The average molecular weight is 470 g/mol. The molecule has 0 aliphatic rings. The monoisotopic (exact) mass is 469 g/mol. The summed E-state index contributed by atoms with van der Waals surface area (Å²) in [6.07, 6.45) is 2.61. The first-order valence-electron chi connectivity index (χ1n) is 10.3. The van der Waals surface area contributed by atoms with E-state index < -0.39 is 5.82 Å². The highest BCUT2D eigenvalue weighted by Gasteiger charge is 2.20. The maximum absolute atomic E-state index is 14.7. The van der Waals surface area contributed by atoms with Crippen molar-refractivity contribution in [2.75, 3.05) is 11.2 Å². The SMILES string of the molecule is C=C(CCCl)CC(c1ccc(F)cc1)c1nc(Nc2ccc(-n3ncnc3C)c(F)c2)n[nH]1. The molecule has 0 bridgehead atoms. The molecular weight excluding hydrogens is 448 g/mol. The molecular formula is C23H22ClF2N7. The molecule has 33 heavy (non-hydrogen) atoms. The maximum Gasteiger partial charge on any atom is 0.246 e. The lowest BCUT2D eigenvalue weighted by Crippen LogP contribution is -2.06. The predicted octanol–water partition coefficient (Wildman–Crippen LogP) is 5.42. The zero-order chi connectivity index (χ0) is 23.4. The van der Waals surface area contributed by atoms with Gasteiger partial charge in [0.1, 0.15) is 29.5 Å². The first kappa shape index (κ1) is 22.6. The Bertz CT molecular complexity index is 1250. The number of halogens is 3. The Balaban J connectivity index is 1.56. The zero-order valence-corrected chi connectivity index (χ0v) is 18.7. The fourth-order valence-corrected chi connectivity index (χ4v) is 3.77. The number of allylic oxidation sites excluding steroid dienone is 1. The van der Waals surface area contributed by atoms with Gasteiger partial charge in [0.25, 0.3) is 0 Å². The van der Waals surface area contributed by atoms with Crippen LogP contribution in [0.3, 0.4) is 0 Å². The molecule has 0 aliphatic carbocycles. The minimum Gasteiger partial charge on any atom is -0.323 e. The van der Waals surface area contributed by atoms with Crippen LogP contribution in [0.15, 0.2) is 60.9 Å². The van der Waals surface area contributed by atoms with Crippen LogP contribution >= 0.6 is 11.6 Å². The van der Waals surface area contributed by atoms with E-state index in [1.54, 1.807) is 31.2 Å². The van der Waals surface area contributed by atoms with Gasteiger partial charge in [0.15, 0.2) is 5.82 Å². The molecule has 2 aromatic heterocycles. The van der Waals surface area contributed by atoms with E-state index in [0.29, 0.717) is 41.7 Å². The van der Waals surface area contributed by atoms with Gasteiger partial charge in [-0.05, 0) is 55.7 Å². The molecule has 0 aliphatic heterocycles. The molecule has 2 heterocycles.